The zero-order valence-corrected chi connectivity index (χ0v) is 21.1. The molecule has 3 atom stereocenters. The number of alkyl halides is 1. The average Bonchev–Trinajstić information content (AvgIpc) is 3.48. The van der Waals surface area contributed by atoms with Gasteiger partial charge in [0.15, 0.2) is 4.80 Å². The van der Waals surface area contributed by atoms with E-state index in [1.807, 2.05) is 0 Å². The van der Waals surface area contributed by atoms with E-state index in [1.165, 1.54) is 38.5 Å². The molecule has 0 saturated carbocycles. The Labute approximate surface area is 214 Å². The quantitative estimate of drug-likeness (QED) is 0.172. The molecule has 2 unspecified atom stereocenters. The fourth-order valence-electron chi connectivity index (χ4n) is 3.32. The molecule has 14 nitrogen and oxygen atoms in total. The van der Waals surface area contributed by atoms with Crippen LogP contribution in [0.5, 0.6) is 0 Å². The van der Waals surface area contributed by atoms with Crippen molar-refractivity contribution in [1.82, 2.24) is 35.4 Å². The Kier molecular flexibility index (Phi) is 7.60. The lowest BCUT2D eigenvalue weighted by Crippen LogP contribution is -2.71. The highest BCUT2D eigenvalue weighted by Gasteiger charge is 2.54. The molecule has 0 spiro atoms. The number of nitrogens with two attached hydrogens (primary N) is 1. The Morgan fingerprint density at radius 2 is 2.26 bits per heavy atom. The first-order chi connectivity index (χ1) is 16.7. The minimum atomic E-state index is -1.23. The van der Waals surface area contributed by atoms with Crippen LogP contribution in [0.4, 0.5) is 0 Å². The van der Waals surface area contributed by atoms with E-state index in [0.29, 0.717) is 22.2 Å². The number of aliphatic carboxylic acids is 1. The summed E-state index contributed by atoms with van der Waals surface area (Å²) < 4.78 is 1.46. The number of H-pyrrole nitrogens is 1. The predicted molar refractivity (Wildman–Crippen MR) is 126 cm³/mol. The molecule has 2 aromatic rings. The zero-order chi connectivity index (χ0) is 25.3. The summed E-state index contributed by atoms with van der Waals surface area (Å²) in [6, 6.07) is -2.08. The Hall–Kier alpha value is -2.73. The maximum atomic E-state index is 12.8. The molecule has 0 bridgehead atoms. The minimum Gasteiger partial charge on any atom is -0.477 e. The number of carbonyl (C=O) groups excluding carboxylic acids is 3. The molecule has 0 aliphatic carbocycles. The second-order valence-electron chi connectivity index (χ2n) is 7.27. The number of hydrogen-bond donors (Lipinski definition) is 4. The molecule has 2 aromatic heterocycles. The largest absolute Gasteiger partial charge is 0.477 e. The number of amides is 3. The molecule has 5 N–H and O–H groups in total. The number of aromatic amines is 1. The Morgan fingerprint density at radius 3 is 2.91 bits per heavy atom. The monoisotopic (exact) mass is 559 g/mol. The summed E-state index contributed by atoms with van der Waals surface area (Å²) in [6.07, 6.45) is 0. The van der Waals surface area contributed by atoms with Gasteiger partial charge in [0.05, 0.1) is 5.69 Å². The first kappa shape index (κ1) is 25.4. The van der Waals surface area contributed by atoms with Crippen molar-refractivity contribution in [1.29, 1.82) is 0 Å². The Morgan fingerprint density at radius 1 is 1.49 bits per heavy atom. The number of nitrogens with one attached hydrogen (secondary N) is 2. The molecule has 18 heteroatoms. The summed E-state index contributed by atoms with van der Waals surface area (Å²) in [5, 5.41) is 25.0. The number of thioether (sulfide) groups is 2. The van der Waals surface area contributed by atoms with Gasteiger partial charge in [0.25, 0.3) is 11.8 Å². The van der Waals surface area contributed by atoms with E-state index in [-0.39, 0.29) is 22.1 Å². The van der Waals surface area contributed by atoms with Crippen LogP contribution < -0.4 is 15.9 Å². The summed E-state index contributed by atoms with van der Waals surface area (Å²) in [5.74, 6) is -2.59. The fraction of sp³-hybridized carbons (Fsp3) is 0.412. The topological polar surface area (TPSA) is 202 Å². The number of halogens is 1. The highest BCUT2D eigenvalue weighted by Crippen LogP contribution is 2.41. The molecule has 1 saturated heterocycles. The maximum Gasteiger partial charge on any atom is 0.352 e. The third-order valence-electron chi connectivity index (χ3n) is 5.01. The van der Waals surface area contributed by atoms with Gasteiger partial charge in [-0.25, -0.2) is 9.48 Å². The number of carboxylic acids is 1. The molecular formula is C17H18ClN9O5S3. The van der Waals surface area contributed by atoms with Crippen molar-refractivity contribution in [2.75, 3.05) is 17.4 Å². The van der Waals surface area contributed by atoms with Gasteiger partial charge in [-0.15, -0.1) is 39.8 Å². The molecule has 0 aromatic carbocycles. The third-order valence-corrected chi connectivity index (χ3v) is 8.46. The molecule has 2 aliphatic rings. The number of fused-ring (bicyclic) bond motifs is 1. The van der Waals surface area contributed by atoms with Gasteiger partial charge >= 0.3 is 5.97 Å². The lowest BCUT2D eigenvalue weighted by atomic mass is 10.0. The van der Waals surface area contributed by atoms with Gasteiger partial charge in [-0.1, -0.05) is 11.8 Å². The smallest absolute Gasteiger partial charge is 0.352 e. The standard InChI is InChI=1S/C17H18ClN9O5S3/c1-26-17(23-24-25-26)35-4-6-3-33-14-10(13(30)27(14)11(6)15(31)32)22-12(29)9(19)7-5-34-16(20-7)21-8(28)2-18/h5,9-10,14H,2-4,19H2,1H3,(H,22,29)(H,31,32)(H,20,21,28)/t9?,10?,14-/m0/s1. The molecule has 1 fully saturated rings. The number of thiazole rings is 1. The molecule has 35 heavy (non-hydrogen) atoms. The van der Waals surface area contributed by atoms with Crippen LogP contribution in [0, 0.1) is 0 Å². The Balaban J connectivity index is 1.44. The molecule has 4 heterocycles. The zero-order valence-electron chi connectivity index (χ0n) is 17.9. The summed E-state index contributed by atoms with van der Waals surface area (Å²) in [4.78, 5) is 56.8. The molecular weight excluding hydrogens is 542 g/mol. The van der Waals surface area contributed by atoms with Gasteiger partial charge in [0, 0.05) is 23.9 Å². The highest BCUT2D eigenvalue weighted by molar-refractivity contribution is 8.01. The average molecular weight is 560 g/mol. The fourth-order valence-corrected chi connectivity index (χ4v) is 6.49. The van der Waals surface area contributed by atoms with Crippen LogP contribution in [0.15, 0.2) is 26.8 Å². The van der Waals surface area contributed by atoms with E-state index in [0.717, 1.165) is 11.3 Å². The van der Waals surface area contributed by atoms with Crippen LogP contribution in [-0.4, -0.2) is 87.7 Å². The SMILES string of the molecule is Cn1nnnc1SCC1=C(C(=O)O)N2C(=O)C(NC(=O)C(N)c3csc(=NC(=O)CCl)[nH]3)[C@@H]2SC1. The second-order valence-corrected chi connectivity index (χ2v) is 10.4. The highest BCUT2D eigenvalue weighted by atomic mass is 35.5. The lowest BCUT2D eigenvalue weighted by molar-refractivity contribution is -0.150. The molecule has 186 valence electrons. The van der Waals surface area contributed by atoms with Gasteiger partial charge in [-0.2, -0.15) is 4.99 Å². The van der Waals surface area contributed by atoms with Crippen LogP contribution in [0.1, 0.15) is 11.7 Å². The van der Waals surface area contributed by atoms with E-state index in [2.05, 4.69) is 30.8 Å². The minimum absolute atomic E-state index is 0.0995. The van der Waals surface area contributed by atoms with Crippen molar-refractivity contribution in [3.05, 3.63) is 27.1 Å². The van der Waals surface area contributed by atoms with Crippen LogP contribution in [0.25, 0.3) is 0 Å². The number of nitrogens with zero attached hydrogens (tertiary/aromatic N) is 6. The summed E-state index contributed by atoms with van der Waals surface area (Å²) in [7, 11) is 1.67. The third kappa shape index (κ3) is 5.13. The normalized spacial score (nSPS) is 20.9. The van der Waals surface area contributed by atoms with E-state index >= 15 is 0 Å². The number of rotatable bonds is 8. The van der Waals surface area contributed by atoms with Gasteiger partial charge in [0.1, 0.15) is 29.0 Å². The van der Waals surface area contributed by atoms with E-state index < -0.39 is 41.1 Å². The number of aromatic nitrogens is 5. The molecule has 4 rings (SSSR count). The van der Waals surface area contributed by atoms with Gasteiger partial charge in [-0.05, 0) is 16.0 Å². The summed E-state index contributed by atoms with van der Waals surface area (Å²) in [5.41, 5.74) is 6.76. The van der Waals surface area contributed by atoms with E-state index in [9.17, 15) is 24.3 Å². The number of β-lactam (4-membered cyclic amide) rings is 1. The number of carbonyl (C=O) groups is 4. The predicted octanol–water partition coefficient (Wildman–Crippen LogP) is -1.20. The van der Waals surface area contributed by atoms with Crippen LogP contribution >= 0.6 is 46.5 Å². The molecule has 3 amide bonds. The first-order valence-corrected chi connectivity index (χ1v) is 13.3. The van der Waals surface area contributed by atoms with Crippen molar-refractivity contribution < 1.29 is 24.3 Å². The maximum absolute atomic E-state index is 12.8. The van der Waals surface area contributed by atoms with Crippen molar-refractivity contribution in [2.24, 2.45) is 17.8 Å². The van der Waals surface area contributed by atoms with Crippen molar-refractivity contribution >= 4 is 70.2 Å². The lowest BCUT2D eigenvalue weighted by Gasteiger charge is -2.49. The van der Waals surface area contributed by atoms with Crippen LogP contribution in [0.3, 0.4) is 0 Å². The second kappa shape index (κ2) is 10.5. The van der Waals surface area contributed by atoms with Crippen LogP contribution in [-0.2, 0) is 26.2 Å². The number of carboxylic acid groups (broad SMARTS) is 1. The van der Waals surface area contributed by atoms with Gasteiger partial charge < -0.3 is 21.1 Å². The van der Waals surface area contributed by atoms with Crippen molar-refractivity contribution in [3.63, 3.8) is 0 Å². The van der Waals surface area contributed by atoms with E-state index in [1.54, 1.807) is 7.05 Å². The van der Waals surface area contributed by atoms with E-state index in [4.69, 9.17) is 17.3 Å². The number of tetrazole rings is 1. The van der Waals surface area contributed by atoms with Crippen molar-refractivity contribution in [3.8, 4) is 0 Å². The first-order valence-electron chi connectivity index (χ1n) is 9.83. The number of aryl methyl sites for hydroxylation is 1. The van der Waals surface area contributed by atoms with Crippen LogP contribution in [0.2, 0.25) is 0 Å². The molecule has 0 radical (unpaired) electrons. The summed E-state index contributed by atoms with van der Waals surface area (Å²) >= 11 is 9.11. The number of hydrogen-bond acceptors (Lipinski definition) is 11. The summed E-state index contributed by atoms with van der Waals surface area (Å²) in [6.45, 7) is 0. The Bertz CT molecular complexity index is 1290. The van der Waals surface area contributed by atoms with Crippen molar-refractivity contribution in [2.45, 2.75) is 22.6 Å². The van der Waals surface area contributed by atoms with Gasteiger partial charge in [0.2, 0.25) is 11.1 Å². The molecule has 2 aliphatic heterocycles. The van der Waals surface area contributed by atoms with Gasteiger partial charge in [-0.3, -0.25) is 19.3 Å².